The second-order valence-electron chi connectivity index (χ2n) is 6.31. The number of fused-ring (bicyclic) bond motifs is 3. The second kappa shape index (κ2) is 5.95. The molecule has 6 nitrogen and oxygen atoms in total. The van der Waals surface area contributed by atoms with E-state index in [9.17, 15) is 22.7 Å². The fraction of sp³-hybridized carbons (Fsp3) is 0.235. The van der Waals surface area contributed by atoms with Gasteiger partial charge in [-0.25, -0.2) is 17.6 Å². The molecule has 2 aliphatic rings. The molecule has 0 amide bonds. The molecule has 2 atom stereocenters. The van der Waals surface area contributed by atoms with Crippen LogP contribution >= 0.6 is 15.9 Å². The molecule has 4 rings (SSSR count). The number of ether oxygens (including phenoxy) is 1. The third-order valence-corrected chi connectivity index (χ3v) is 6.94. The van der Waals surface area contributed by atoms with Gasteiger partial charge in [-0.15, -0.1) is 0 Å². The third-order valence-electron chi connectivity index (χ3n) is 4.59. The Morgan fingerprint density at radius 1 is 1.31 bits per heavy atom. The minimum absolute atomic E-state index is 0.0388. The van der Waals surface area contributed by atoms with Gasteiger partial charge >= 0.3 is 5.97 Å². The van der Waals surface area contributed by atoms with E-state index in [0.717, 1.165) is 30.2 Å². The summed E-state index contributed by atoms with van der Waals surface area (Å²) in [6.07, 6.45) is 0.944. The van der Waals surface area contributed by atoms with Gasteiger partial charge in [-0.2, -0.15) is 0 Å². The Bertz CT molecular complexity index is 1040. The van der Waals surface area contributed by atoms with Crippen LogP contribution in [0.15, 0.2) is 39.7 Å². The molecule has 136 valence electrons. The summed E-state index contributed by atoms with van der Waals surface area (Å²) in [6.45, 7) is 0.428. The smallest absolute Gasteiger partial charge is 0.341 e. The molecule has 0 spiro atoms. The molecule has 2 aromatic rings. The number of benzene rings is 2. The summed E-state index contributed by atoms with van der Waals surface area (Å²) in [5.41, 5.74) is 0.491. The van der Waals surface area contributed by atoms with E-state index in [4.69, 9.17) is 4.74 Å². The van der Waals surface area contributed by atoms with Crippen LogP contribution in [0.2, 0.25) is 0 Å². The average molecular weight is 442 g/mol. The standard InChI is InChI=1S/C17H13BrFNO5S/c18-12-6-9(19)1-4-14(12)26(23,24)20-13-3-2-10-11-5-8(11)7-25-16(10)15(13)17(21)22/h1-4,6,8,11,20H,5,7H2,(H,21,22)/t8-,11-/m0/s1. The molecule has 26 heavy (non-hydrogen) atoms. The number of halogens is 2. The van der Waals surface area contributed by atoms with Gasteiger partial charge in [-0.3, -0.25) is 4.72 Å². The Morgan fingerprint density at radius 3 is 2.77 bits per heavy atom. The van der Waals surface area contributed by atoms with Crippen molar-refractivity contribution in [2.45, 2.75) is 17.2 Å². The monoisotopic (exact) mass is 441 g/mol. The number of anilines is 1. The summed E-state index contributed by atoms with van der Waals surface area (Å²) in [7, 11) is -4.13. The van der Waals surface area contributed by atoms with Gasteiger partial charge in [0.15, 0.2) is 0 Å². The van der Waals surface area contributed by atoms with E-state index in [1.54, 1.807) is 6.07 Å². The minimum Gasteiger partial charge on any atom is -0.492 e. The molecule has 0 radical (unpaired) electrons. The van der Waals surface area contributed by atoms with E-state index >= 15 is 0 Å². The van der Waals surface area contributed by atoms with Crippen LogP contribution in [0.3, 0.4) is 0 Å². The zero-order valence-electron chi connectivity index (χ0n) is 13.2. The Balaban J connectivity index is 1.77. The number of nitrogens with one attached hydrogen (secondary N) is 1. The number of carboxylic acid groups (broad SMARTS) is 1. The maximum absolute atomic E-state index is 13.2. The first-order valence-corrected chi connectivity index (χ1v) is 10.1. The second-order valence-corrected chi connectivity index (χ2v) is 8.81. The molecule has 0 saturated heterocycles. The number of carbonyl (C=O) groups is 1. The lowest BCUT2D eigenvalue weighted by Crippen LogP contribution is -2.19. The number of hydrogen-bond acceptors (Lipinski definition) is 4. The molecule has 0 unspecified atom stereocenters. The van der Waals surface area contributed by atoms with E-state index < -0.39 is 21.8 Å². The number of rotatable bonds is 4. The van der Waals surface area contributed by atoms with Crippen LogP contribution in [0, 0.1) is 11.7 Å². The van der Waals surface area contributed by atoms with Crippen molar-refractivity contribution in [3.63, 3.8) is 0 Å². The van der Waals surface area contributed by atoms with Crippen molar-refractivity contribution in [3.8, 4) is 5.75 Å². The molecule has 1 aliphatic carbocycles. The van der Waals surface area contributed by atoms with E-state index in [1.807, 2.05) is 0 Å². The molecule has 1 fully saturated rings. The van der Waals surface area contributed by atoms with E-state index in [-0.39, 0.29) is 32.3 Å². The van der Waals surface area contributed by atoms with Crippen LogP contribution in [0.1, 0.15) is 28.3 Å². The van der Waals surface area contributed by atoms with Crippen molar-refractivity contribution in [1.29, 1.82) is 0 Å². The van der Waals surface area contributed by atoms with Gasteiger partial charge in [0.05, 0.1) is 12.3 Å². The van der Waals surface area contributed by atoms with Crippen LogP contribution in [-0.4, -0.2) is 26.1 Å². The lowest BCUT2D eigenvalue weighted by molar-refractivity contribution is 0.0692. The molecule has 9 heteroatoms. The van der Waals surface area contributed by atoms with Gasteiger partial charge in [0.1, 0.15) is 22.0 Å². The maximum Gasteiger partial charge on any atom is 0.341 e. The van der Waals surface area contributed by atoms with Crippen LogP contribution < -0.4 is 9.46 Å². The van der Waals surface area contributed by atoms with E-state index in [0.29, 0.717) is 12.5 Å². The van der Waals surface area contributed by atoms with Crippen molar-refractivity contribution < 1.29 is 27.4 Å². The van der Waals surface area contributed by atoms with E-state index in [1.165, 1.54) is 6.07 Å². The van der Waals surface area contributed by atoms with Crippen molar-refractivity contribution in [1.82, 2.24) is 0 Å². The van der Waals surface area contributed by atoms with Gasteiger partial charge in [-0.05, 0) is 58.1 Å². The average Bonchev–Trinajstić information content (AvgIpc) is 3.33. The zero-order valence-corrected chi connectivity index (χ0v) is 15.6. The van der Waals surface area contributed by atoms with Gasteiger partial charge in [0.25, 0.3) is 10.0 Å². The molecule has 2 aromatic carbocycles. The first-order valence-electron chi connectivity index (χ1n) is 7.79. The zero-order chi connectivity index (χ0) is 18.6. The molecule has 1 aliphatic heterocycles. The molecule has 2 N–H and O–H groups in total. The number of sulfonamides is 1. The maximum atomic E-state index is 13.2. The molecule has 0 aromatic heterocycles. The summed E-state index contributed by atoms with van der Waals surface area (Å²) in [6, 6.07) is 6.27. The summed E-state index contributed by atoms with van der Waals surface area (Å²) in [5, 5.41) is 9.61. The van der Waals surface area contributed by atoms with Crippen molar-refractivity contribution in [3.05, 3.63) is 51.7 Å². The highest BCUT2D eigenvalue weighted by Gasteiger charge is 2.45. The lowest BCUT2D eigenvalue weighted by Gasteiger charge is -2.21. The van der Waals surface area contributed by atoms with E-state index in [2.05, 4.69) is 20.7 Å². The largest absolute Gasteiger partial charge is 0.492 e. The summed E-state index contributed by atoms with van der Waals surface area (Å²) < 4.78 is 46.4. The van der Waals surface area contributed by atoms with Crippen molar-refractivity contribution in [2.75, 3.05) is 11.3 Å². The first-order chi connectivity index (χ1) is 12.3. The quantitative estimate of drug-likeness (QED) is 0.755. The minimum atomic E-state index is -4.13. The SMILES string of the molecule is O=C(O)c1c(NS(=O)(=O)c2ccc(F)cc2Br)ccc2c1OC[C@@H]1C[C@H]21. The van der Waals surface area contributed by atoms with Crippen LogP contribution in [0.5, 0.6) is 5.75 Å². The van der Waals surface area contributed by atoms with Crippen molar-refractivity contribution >= 4 is 37.6 Å². The van der Waals surface area contributed by atoms with Crippen LogP contribution in [-0.2, 0) is 10.0 Å². The number of hydrogen-bond donors (Lipinski definition) is 2. The molecule has 0 bridgehead atoms. The van der Waals surface area contributed by atoms with Gasteiger partial charge in [-0.1, -0.05) is 6.07 Å². The third kappa shape index (κ3) is 2.84. The molecular formula is C17H13BrFNO5S. The predicted octanol–water partition coefficient (Wildman–Crippen LogP) is 3.58. The fourth-order valence-electron chi connectivity index (χ4n) is 3.24. The Morgan fingerprint density at radius 2 is 2.08 bits per heavy atom. The first kappa shape index (κ1) is 17.3. The summed E-state index contributed by atoms with van der Waals surface area (Å²) >= 11 is 3.02. The number of aromatic carboxylic acids is 1. The van der Waals surface area contributed by atoms with Crippen LogP contribution in [0.4, 0.5) is 10.1 Å². The van der Waals surface area contributed by atoms with Gasteiger partial charge in [0.2, 0.25) is 0 Å². The predicted molar refractivity (Wildman–Crippen MR) is 94.7 cm³/mol. The fourth-order valence-corrected chi connectivity index (χ4v) is 5.36. The molecule has 1 saturated carbocycles. The highest BCUT2D eigenvalue weighted by atomic mass is 79.9. The summed E-state index contributed by atoms with van der Waals surface area (Å²) in [5.74, 6) is -0.981. The summed E-state index contributed by atoms with van der Waals surface area (Å²) in [4.78, 5) is 11.6. The Hall–Kier alpha value is -2.13. The van der Waals surface area contributed by atoms with Gasteiger partial charge < -0.3 is 9.84 Å². The van der Waals surface area contributed by atoms with Gasteiger partial charge in [0, 0.05) is 10.4 Å². The van der Waals surface area contributed by atoms with Crippen LogP contribution in [0.25, 0.3) is 0 Å². The highest BCUT2D eigenvalue weighted by Crippen LogP contribution is 2.55. The topological polar surface area (TPSA) is 92.7 Å². The molecule has 1 heterocycles. The van der Waals surface area contributed by atoms with Crippen molar-refractivity contribution in [2.24, 2.45) is 5.92 Å². The normalized spacial score (nSPS) is 20.5. The number of carboxylic acids is 1. The molecular weight excluding hydrogens is 429 g/mol. The highest BCUT2D eigenvalue weighted by molar-refractivity contribution is 9.10. The Kier molecular flexibility index (Phi) is 3.96. The lowest BCUT2D eigenvalue weighted by atomic mass is 10.0. The Labute approximate surface area is 157 Å².